The topological polar surface area (TPSA) is 27.3 Å². The molecule has 0 bridgehead atoms. The summed E-state index contributed by atoms with van der Waals surface area (Å²) in [6.07, 6.45) is 6.59. The summed E-state index contributed by atoms with van der Waals surface area (Å²) in [5.74, 6) is 0. The van der Waals surface area contributed by atoms with Crippen LogP contribution in [0.2, 0.25) is 0 Å². The second-order valence-electron chi connectivity index (χ2n) is 6.56. The van der Waals surface area contributed by atoms with E-state index < -0.39 is 0 Å². The summed E-state index contributed by atoms with van der Waals surface area (Å²) in [5.41, 5.74) is 4.66. The normalized spacial score (nSPS) is 20.1. The van der Waals surface area contributed by atoms with Crippen LogP contribution >= 0.6 is 0 Å². The van der Waals surface area contributed by atoms with Gasteiger partial charge in [0.15, 0.2) is 0 Å². The Kier molecular flexibility index (Phi) is 3.99. The Balaban J connectivity index is 1.61. The highest BCUT2D eigenvalue weighted by molar-refractivity contribution is 5.61. The highest BCUT2D eigenvalue weighted by atomic mass is 15.2. The van der Waals surface area contributed by atoms with Crippen molar-refractivity contribution < 1.29 is 0 Å². The Morgan fingerprint density at radius 2 is 2.05 bits per heavy atom. The molecule has 3 nitrogen and oxygen atoms in total. The molecule has 0 amide bonds. The van der Waals surface area contributed by atoms with Crippen molar-refractivity contribution in [2.75, 3.05) is 32.5 Å². The molecule has 0 spiro atoms. The minimum atomic E-state index is 0.380. The minimum absolute atomic E-state index is 0.380. The second kappa shape index (κ2) is 5.74. The average molecular weight is 273 g/mol. The van der Waals surface area contributed by atoms with Crippen LogP contribution in [-0.2, 0) is 13.0 Å². The molecular formula is C17H27N3. The molecule has 0 unspecified atom stereocenters. The number of likely N-dealkylation sites (N-methyl/N-ethyl adjacent to an activating group) is 1. The van der Waals surface area contributed by atoms with Gasteiger partial charge in [0.1, 0.15) is 0 Å². The van der Waals surface area contributed by atoms with Crippen LogP contribution in [0.25, 0.3) is 0 Å². The number of hydrogen-bond donors (Lipinski definition) is 2. The molecule has 1 saturated carbocycles. The predicted molar refractivity (Wildman–Crippen MR) is 85.2 cm³/mol. The van der Waals surface area contributed by atoms with Gasteiger partial charge in [-0.05, 0) is 44.5 Å². The highest BCUT2D eigenvalue weighted by Crippen LogP contribution is 2.33. The van der Waals surface area contributed by atoms with Crippen molar-refractivity contribution in [3.63, 3.8) is 0 Å². The maximum atomic E-state index is 3.71. The fraction of sp³-hybridized carbons (Fsp3) is 0.647. The van der Waals surface area contributed by atoms with Crippen molar-refractivity contribution in [3.8, 4) is 0 Å². The van der Waals surface area contributed by atoms with Crippen molar-refractivity contribution >= 4 is 5.69 Å². The van der Waals surface area contributed by atoms with Gasteiger partial charge < -0.3 is 15.5 Å². The lowest BCUT2D eigenvalue weighted by atomic mass is 9.96. The van der Waals surface area contributed by atoms with E-state index in [-0.39, 0.29) is 0 Å². The molecule has 3 heteroatoms. The Morgan fingerprint density at radius 1 is 1.25 bits per heavy atom. The first kappa shape index (κ1) is 13.9. The second-order valence-corrected chi connectivity index (χ2v) is 6.56. The molecule has 1 aliphatic carbocycles. The molecule has 0 atom stereocenters. The third-order valence-electron chi connectivity index (χ3n) is 5.19. The standard InChI is InChI=1S/C17H27N3/c1-20(2)17(9-3-4-10-17)13-18-12-15-7-5-6-14-8-11-19-16(14)15/h5-7,18-19H,3-4,8-13H2,1-2H3. The first-order valence-corrected chi connectivity index (χ1v) is 7.94. The lowest BCUT2D eigenvalue weighted by Crippen LogP contribution is -2.49. The minimum Gasteiger partial charge on any atom is -0.384 e. The quantitative estimate of drug-likeness (QED) is 0.863. The molecule has 0 radical (unpaired) electrons. The summed E-state index contributed by atoms with van der Waals surface area (Å²) < 4.78 is 0. The molecule has 1 aliphatic heterocycles. The maximum absolute atomic E-state index is 3.71. The van der Waals surface area contributed by atoms with E-state index in [0.717, 1.165) is 19.6 Å². The van der Waals surface area contributed by atoms with Crippen molar-refractivity contribution in [1.29, 1.82) is 0 Å². The third-order valence-corrected chi connectivity index (χ3v) is 5.19. The summed E-state index contributed by atoms with van der Waals surface area (Å²) in [4.78, 5) is 2.43. The molecule has 1 heterocycles. The van der Waals surface area contributed by atoms with Gasteiger partial charge in [0, 0.05) is 30.9 Å². The molecule has 1 aromatic carbocycles. The van der Waals surface area contributed by atoms with Crippen LogP contribution in [0.1, 0.15) is 36.8 Å². The number of nitrogens with zero attached hydrogens (tertiary/aromatic N) is 1. The highest BCUT2D eigenvalue weighted by Gasteiger charge is 2.35. The maximum Gasteiger partial charge on any atom is 0.0419 e. The summed E-state index contributed by atoms with van der Waals surface area (Å²) in [5, 5.41) is 7.24. The summed E-state index contributed by atoms with van der Waals surface area (Å²) in [7, 11) is 4.46. The molecule has 2 N–H and O–H groups in total. The molecule has 3 rings (SSSR count). The van der Waals surface area contributed by atoms with Gasteiger partial charge in [-0.1, -0.05) is 31.0 Å². The van der Waals surface area contributed by atoms with Gasteiger partial charge in [-0.15, -0.1) is 0 Å². The largest absolute Gasteiger partial charge is 0.384 e. The monoisotopic (exact) mass is 273 g/mol. The third kappa shape index (κ3) is 2.57. The van der Waals surface area contributed by atoms with Crippen LogP contribution in [0, 0.1) is 0 Å². The lowest BCUT2D eigenvalue weighted by Gasteiger charge is -2.36. The molecule has 110 valence electrons. The predicted octanol–water partition coefficient (Wildman–Crippen LogP) is 2.62. The van der Waals surface area contributed by atoms with E-state index in [1.54, 1.807) is 0 Å². The van der Waals surface area contributed by atoms with Crippen molar-refractivity contribution in [2.24, 2.45) is 0 Å². The summed E-state index contributed by atoms with van der Waals surface area (Å²) in [6, 6.07) is 6.69. The molecular weight excluding hydrogens is 246 g/mol. The van der Waals surface area contributed by atoms with E-state index in [4.69, 9.17) is 0 Å². The van der Waals surface area contributed by atoms with E-state index in [1.807, 2.05) is 0 Å². The van der Waals surface area contributed by atoms with E-state index in [2.05, 4.69) is 47.8 Å². The number of anilines is 1. The number of fused-ring (bicyclic) bond motifs is 1. The Labute approximate surface area is 122 Å². The van der Waals surface area contributed by atoms with Crippen LogP contribution in [0.3, 0.4) is 0 Å². The van der Waals surface area contributed by atoms with E-state index in [0.29, 0.717) is 5.54 Å². The van der Waals surface area contributed by atoms with Gasteiger partial charge in [-0.2, -0.15) is 0 Å². The first-order chi connectivity index (χ1) is 9.71. The van der Waals surface area contributed by atoms with Crippen molar-refractivity contribution in [1.82, 2.24) is 10.2 Å². The van der Waals surface area contributed by atoms with Crippen LogP contribution in [0.4, 0.5) is 5.69 Å². The Bertz CT molecular complexity index is 461. The number of nitrogens with one attached hydrogen (secondary N) is 2. The molecule has 0 saturated heterocycles. The summed E-state index contributed by atoms with van der Waals surface area (Å²) in [6.45, 7) is 3.17. The van der Waals surface area contributed by atoms with Gasteiger partial charge in [0.05, 0.1) is 0 Å². The Morgan fingerprint density at radius 3 is 2.80 bits per heavy atom. The number of benzene rings is 1. The smallest absolute Gasteiger partial charge is 0.0419 e. The fourth-order valence-corrected chi connectivity index (χ4v) is 3.80. The van der Waals surface area contributed by atoms with Crippen LogP contribution in [-0.4, -0.2) is 37.6 Å². The number of hydrogen-bond acceptors (Lipinski definition) is 3. The van der Waals surface area contributed by atoms with Crippen LogP contribution < -0.4 is 10.6 Å². The molecule has 1 aromatic rings. The van der Waals surface area contributed by atoms with Gasteiger partial charge in [-0.3, -0.25) is 0 Å². The fourth-order valence-electron chi connectivity index (χ4n) is 3.80. The van der Waals surface area contributed by atoms with Gasteiger partial charge >= 0.3 is 0 Å². The van der Waals surface area contributed by atoms with Crippen LogP contribution in [0.15, 0.2) is 18.2 Å². The zero-order valence-electron chi connectivity index (χ0n) is 12.8. The lowest BCUT2D eigenvalue weighted by molar-refractivity contribution is 0.153. The zero-order chi connectivity index (χ0) is 14.0. The van der Waals surface area contributed by atoms with E-state index in [9.17, 15) is 0 Å². The van der Waals surface area contributed by atoms with E-state index >= 15 is 0 Å². The van der Waals surface area contributed by atoms with Gasteiger partial charge in [-0.25, -0.2) is 0 Å². The summed E-state index contributed by atoms with van der Waals surface area (Å²) >= 11 is 0. The van der Waals surface area contributed by atoms with Gasteiger partial charge in [0.25, 0.3) is 0 Å². The molecule has 1 fully saturated rings. The zero-order valence-corrected chi connectivity index (χ0v) is 12.8. The van der Waals surface area contributed by atoms with Gasteiger partial charge in [0.2, 0.25) is 0 Å². The molecule has 0 aromatic heterocycles. The van der Waals surface area contributed by atoms with Crippen molar-refractivity contribution in [3.05, 3.63) is 29.3 Å². The Hall–Kier alpha value is -1.06. The van der Waals surface area contributed by atoms with Crippen LogP contribution in [0.5, 0.6) is 0 Å². The number of para-hydroxylation sites is 1. The average Bonchev–Trinajstić information content (AvgIpc) is 3.08. The van der Waals surface area contributed by atoms with E-state index in [1.165, 1.54) is 48.9 Å². The SMILES string of the molecule is CN(C)C1(CNCc2cccc3c2NCC3)CCCC1. The molecule has 2 aliphatic rings. The first-order valence-electron chi connectivity index (χ1n) is 7.94. The van der Waals surface area contributed by atoms with Crippen molar-refractivity contribution in [2.45, 2.75) is 44.2 Å². The number of rotatable bonds is 5. The molecule has 20 heavy (non-hydrogen) atoms.